The molecule has 2 N–H and O–H groups in total. The van der Waals surface area contributed by atoms with Crippen molar-refractivity contribution >= 4 is 11.9 Å². The number of furan rings is 1. The molecule has 1 aliphatic rings. The molecule has 3 rings (SSSR count). The van der Waals surface area contributed by atoms with Gasteiger partial charge in [-0.2, -0.15) is 31.4 Å². The zero-order valence-electron chi connectivity index (χ0n) is 20.0. The van der Waals surface area contributed by atoms with Crippen molar-refractivity contribution in [3.8, 4) is 0 Å². The zero-order chi connectivity index (χ0) is 27.8. The van der Waals surface area contributed by atoms with Crippen LogP contribution < -0.4 is 0 Å². The molecule has 0 saturated carbocycles. The molecule has 1 fully saturated rings. The van der Waals surface area contributed by atoms with Crippen LogP contribution in [0, 0.1) is 6.92 Å². The van der Waals surface area contributed by atoms with Crippen molar-refractivity contribution in [1.29, 1.82) is 0 Å². The maximum Gasteiger partial charge on any atom is 0.490 e. The molecule has 2 aromatic rings. The summed E-state index contributed by atoms with van der Waals surface area (Å²) in [5, 5.41) is 18.6. The first kappa shape index (κ1) is 31.0. The van der Waals surface area contributed by atoms with E-state index in [2.05, 4.69) is 41.3 Å². The molecule has 1 saturated heterocycles. The lowest BCUT2D eigenvalue weighted by Gasteiger charge is -2.31. The lowest BCUT2D eigenvalue weighted by molar-refractivity contribution is -0.193. The number of likely N-dealkylation sites (N-methyl/N-ethyl adjacent to an activating group) is 1. The normalized spacial score (nSPS) is 18.3. The van der Waals surface area contributed by atoms with Gasteiger partial charge in [0.1, 0.15) is 11.5 Å². The number of rotatable bonds is 5. The SMILES string of the molecule is Cc1ccc(CN2CC[C@@H](N(C)C)[C@@H]2Cc2cnn(C)c2)o1.O=C(O)C(F)(F)F.O=C(O)C(F)(F)F. The highest BCUT2D eigenvalue weighted by Crippen LogP contribution is 2.27. The van der Waals surface area contributed by atoms with E-state index in [0.717, 1.165) is 31.0 Å². The molecule has 0 amide bonds. The predicted molar refractivity (Wildman–Crippen MR) is 114 cm³/mol. The summed E-state index contributed by atoms with van der Waals surface area (Å²) in [6.07, 6.45) is -3.81. The van der Waals surface area contributed by atoms with E-state index in [1.165, 1.54) is 12.0 Å². The van der Waals surface area contributed by atoms with Crippen LogP contribution in [0.3, 0.4) is 0 Å². The van der Waals surface area contributed by atoms with Crippen LogP contribution in [0.5, 0.6) is 0 Å². The fraction of sp³-hybridized carbons (Fsp3) is 0.571. The first-order chi connectivity index (χ1) is 16.4. The third kappa shape index (κ3) is 10.3. The average molecular weight is 530 g/mol. The predicted octanol–water partition coefficient (Wildman–Crippen LogP) is 3.34. The Morgan fingerprint density at radius 3 is 2.00 bits per heavy atom. The molecule has 2 atom stereocenters. The van der Waals surface area contributed by atoms with E-state index < -0.39 is 24.3 Å². The largest absolute Gasteiger partial charge is 0.490 e. The minimum absolute atomic E-state index is 0.504. The second-order valence-corrected chi connectivity index (χ2v) is 8.20. The van der Waals surface area contributed by atoms with E-state index in [1.807, 2.05) is 30.9 Å². The molecule has 0 aliphatic carbocycles. The van der Waals surface area contributed by atoms with E-state index in [1.54, 1.807) is 0 Å². The van der Waals surface area contributed by atoms with Gasteiger partial charge in [0.05, 0.1) is 12.7 Å². The molecule has 0 radical (unpaired) electrons. The van der Waals surface area contributed by atoms with Gasteiger partial charge in [0.2, 0.25) is 0 Å². The number of alkyl halides is 6. The molecule has 3 heterocycles. The van der Waals surface area contributed by atoms with Gasteiger partial charge in [0, 0.05) is 31.9 Å². The van der Waals surface area contributed by atoms with E-state index in [-0.39, 0.29) is 0 Å². The highest BCUT2D eigenvalue weighted by molar-refractivity contribution is 5.73. The average Bonchev–Trinajstić information content (AvgIpc) is 3.43. The smallest absolute Gasteiger partial charge is 0.475 e. The number of carboxylic acid groups (broad SMARTS) is 2. The minimum Gasteiger partial charge on any atom is -0.475 e. The van der Waals surface area contributed by atoms with Crippen molar-refractivity contribution in [2.45, 2.75) is 50.7 Å². The number of aromatic nitrogens is 2. The zero-order valence-corrected chi connectivity index (χ0v) is 20.0. The number of halogens is 6. The molecular weight excluding hydrogens is 502 g/mol. The molecule has 36 heavy (non-hydrogen) atoms. The molecule has 15 heteroatoms. The molecule has 204 valence electrons. The molecule has 0 unspecified atom stereocenters. The fourth-order valence-corrected chi connectivity index (χ4v) is 3.55. The van der Waals surface area contributed by atoms with Gasteiger partial charge < -0.3 is 19.5 Å². The number of carboxylic acids is 2. The van der Waals surface area contributed by atoms with Gasteiger partial charge in [-0.3, -0.25) is 9.58 Å². The Kier molecular flexibility index (Phi) is 11.0. The Labute approximate surface area is 202 Å². The highest BCUT2D eigenvalue weighted by Gasteiger charge is 2.39. The molecule has 9 nitrogen and oxygen atoms in total. The lowest BCUT2D eigenvalue weighted by atomic mass is 10.0. The third-order valence-electron chi connectivity index (χ3n) is 5.13. The molecule has 2 aromatic heterocycles. The van der Waals surface area contributed by atoms with E-state index in [0.29, 0.717) is 12.1 Å². The minimum atomic E-state index is -5.08. The summed E-state index contributed by atoms with van der Waals surface area (Å²) in [4.78, 5) is 22.7. The summed E-state index contributed by atoms with van der Waals surface area (Å²) >= 11 is 0. The Balaban J connectivity index is 0.000000383. The van der Waals surface area contributed by atoms with Crippen molar-refractivity contribution in [3.63, 3.8) is 0 Å². The van der Waals surface area contributed by atoms with Crippen molar-refractivity contribution in [2.24, 2.45) is 7.05 Å². The summed E-state index contributed by atoms with van der Waals surface area (Å²) in [6.45, 7) is 4.01. The van der Waals surface area contributed by atoms with Crippen molar-refractivity contribution in [2.75, 3.05) is 20.6 Å². The topological polar surface area (TPSA) is 112 Å². The van der Waals surface area contributed by atoms with Crippen LogP contribution in [0.2, 0.25) is 0 Å². The fourth-order valence-electron chi connectivity index (χ4n) is 3.55. The number of aliphatic carboxylic acids is 2. The van der Waals surface area contributed by atoms with Crippen LogP contribution in [0.4, 0.5) is 26.3 Å². The second kappa shape index (κ2) is 12.8. The summed E-state index contributed by atoms with van der Waals surface area (Å²) in [5.41, 5.74) is 1.31. The Hall–Kier alpha value is -3.07. The van der Waals surface area contributed by atoms with Crippen LogP contribution in [0.15, 0.2) is 28.9 Å². The monoisotopic (exact) mass is 530 g/mol. The molecular formula is C21H28F6N4O5. The quantitative estimate of drug-likeness (QED) is 0.567. The van der Waals surface area contributed by atoms with Crippen molar-refractivity contribution in [3.05, 3.63) is 41.6 Å². The molecule has 0 spiro atoms. The third-order valence-corrected chi connectivity index (χ3v) is 5.13. The van der Waals surface area contributed by atoms with Crippen molar-refractivity contribution < 1.29 is 50.6 Å². The maximum atomic E-state index is 10.6. The summed E-state index contributed by atoms with van der Waals surface area (Å²) in [7, 11) is 6.34. The van der Waals surface area contributed by atoms with Gasteiger partial charge in [-0.1, -0.05) is 0 Å². The van der Waals surface area contributed by atoms with Gasteiger partial charge in [-0.25, -0.2) is 9.59 Å². The van der Waals surface area contributed by atoms with Gasteiger partial charge >= 0.3 is 24.3 Å². The van der Waals surface area contributed by atoms with Crippen LogP contribution in [-0.4, -0.2) is 86.8 Å². The van der Waals surface area contributed by atoms with Crippen LogP contribution >= 0.6 is 0 Å². The standard InChI is InChI=1S/C17H26N4O.2C2HF3O2/c1-13-5-6-15(22-13)12-21-8-7-16(19(2)3)17(21)9-14-10-18-20(4)11-14;2*3-2(4,5)1(6)7/h5-6,10-11,16-17H,7-9,12H2,1-4H3;2*(H,6,7)/t16-,17+;;/m1../s1. The van der Waals surface area contributed by atoms with Gasteiger partial charge in [-0.05, 0) is 51.6 Å². The number of likely N-dealkylation sites (tertiary alicyclic amines) is 1. The highest BCUT2D eigenvalue weighted by atomic mass is 19.4. The van der Waals surface area contributed by atoms with Gasteiger partial charge in [-0.15, -0.1) is 0 Å². The van der Waals surface area contributed by atoms with Crippen LogP contribution in [0.25, 0.3) is 0 Å². The first-order valence-corrected chi connectivity index (χ1v) is 10.4. The van der Waals surface area contributed by atoms with E-state index in [9.17, 15) is 26.3 Å². The Bertz CT molecular complexity index is 962. The molecule has 1 aliphatic heterocycles. The number of hydrogen-bond acceptors (Lipinski definition) is 6. The maximum absolute atomic E-state index is 10.6. The summed E-state index contributed by atoms with van der Waals surface area (Å²) < 4.78 is 71.1. The molecule has 0 bridgehead atoms. The summed E-state index contributed by atoms with van der Waals surface area (Å²) in [6, 6.07) is 5.23. The van der Waals surface area contributed by atoms with Crippen molar-refractivity contribution in [1.82, 2.24) is 19.6 Å². The van der Waals surface area contributed by atoms with E-state index >= 15 is 0 Å². The summed E-state index contributed by atoms with van der Waals surface area (Å²) in [5.74, 6) is -3.46. The number of hydrogen-bond donors (Lipinski definition) is 2. The van der Waals surface area contributed by atoms with E-state index in [4.69, 9.17) is 24.2 Å². The lowest BCUT2D eigenvalue weighted by Crippen LogP contribution is -2.43. The van der Waals surface area contributed by atoms with Crippen LogP contribution in [0.1, 0.15) is 23.5 Å². The molecule has 0 aromatic carbocycles. The number of carbonyl (C=O) groups is 2. The second-order valence-electron chi connectivity index (χ2n) is 8.20. The Morgan fingerprint density at radius 1 is 1.11 bits per heavy atom. The van der Waals surface area contributed by atoms with Gasteiger partial charge in [0.25, 0.3) is 0 Å². The first-order valence-electron chi connectivity index (χ1n) is 10.4. The Morgan fingerprint density at radius 2 is 1.64 bits per heavy atom. The van der Waals surface area contributed by atoms with Crippen LogP contribution in [-0.2, 0) is 29.6 Å². The number of aryl methyl sites for hydroxylation is 2. The number of nitrogens with zero attached hydrogens (tertiary/aromatic N) is 4. The van der Waals surface area contributed by atoms with Gasteiger partial charge in [0.15, 0.2) is 0 Å².